The predicted octanol–water partition coefficient (Wildman–Crippen LogP) is 4.68. The highest BCUT2D eigenvalue weighted by atomic mass is 19.4. The van der Waals surface area contributed by atoms with Crippen molar-refractivity contribution in [1.29, 1.82) is 0 Å². The van der Waals surface area contributed by atoms with Crippen molar-refractivity contribution in [1.82, 2.24) is 19.2 Å². The number of pyridine rings is 1. The molecule has 32 heavy (non-hydrogen) atoms. The van der Waals surface area contributed by atoms with Crippen molar-refractivity contribution in [2.24, 2.45) is 0 Å². The van der Waals surface area contributed by atoms with Gasteiger partial charge in [-0.05, 0) is 45.4 Å². The average molecular weight is 445 g/mol. The lowest BCUT2D eigenvalue weighted by Crippen LogP contribution is -2.35. The number of rotatable bonds is 6. The van der Waals surface area contributed by atoms with Crippen molar-refractivity contribution in [3.63, 3.8) is 0 Å². The summed E-state index contributed by atoms with van der Waals surface area (Å²) in [6.07, 6.45) is 0.723. The number of nitrogens with zero attached hydrogens (tertiary/aromatic N) is 4. The molecular weight excluding hydrogens is 417 g/mol. The molecule has 5 nitrogen and oxygen atoms in total. The van der Waals surface area contributed by atoms with E-state index >= 15 is 0 Å². The number of hydrogen-bond acceptors (Lipinski definition) is 3. The largest absolute Gasteiger partial charge is 0.431 e. The molecule has 0 spiro atoms. The van der Waals surface area contributed by atoms with E-state index in [-0.39, 0.29) is 12.6 Å². The van der Waals surface area contributed by atoms with Gasteiger partial charge in [0, 0.05) is 41.8 Å². The van der Waals surface area contributed by atoms with Crippen LogP contribution in [-0.4, -0.2) is 31.8 Å². The summed E-state index contributed by atoms with van der Waals surface area (Å²) in [5.74, 6) is 0. The van der Waals surface area contributed by atoms with Gasteiger partial charge in [-0.2, -0.15) is 18.3 Å². The van der Waals surface area contributed by atoms with Gasteiger partial charge in [0.15, 0.2) is 5.43 Å². The standard InChI is InChI=1S/C24H27F3N4O/c1-4-9-31-17(3)18(13-28-31)14-29-10-5-6-19(29)15-30-21-8-7-16(2)11-20(21)22(32)12-23(30)24(25,26)27/h4,7-8,11-13,19H,1,5-6,9-10,14-15H2,2-3H3/t19-/m1/s1. The minimum Gasteiger partial charge on any atom is -0.335 e. The van der Waals surface area contributed by atoms with E-state index in [0.29, 0.717) is 24.0 Å². The van der Waals surface area contributed by atoms with Crippen LogP contribution in [0.5, 0.6) is 0 Å². The minimum absolute atomic E-state index is 0.0646. The summed E-state index contributed by atoms with van der Waals surface area (Å²) in [6, 6.07) is 5.72. The number of aromatic nitrogens is 3. The van der Waals surface area contributed by atoms with E-state index in [4.69, 9.17) is 0 Å². The molecule has 0 amide bonds. The fourth-order valence-electron chi connectivity index (χ4n) is 4.61. The molecule has 3 aromatic rings. The zero-order valence-corrected chi connectivity index (χ0v) is 18.3. The molecule has 0 unspecified atom stereocenters. The van der Waals surface area contributed by atoms with E-state index in [9.17, 15) is 18.0 Å². The van der Waals surface area contributed by atoms with Crippen LogP contribution in [0.3, 0.4) is 0 Å². The Bertz CT molecular complexity index is 1210. The summed E-state index contributed by atoms with van der Waals surface area (Å²) < 4.78 is 44.8. The Labute approximate surface area is 184 Å². The lowest BCUT2D eigenvalue weighted by Gasteiger charge is -2.28. The third kappa shape index (κ3) is 4.24. The Morgan fingerprint density at radius 1 is 1.25 bits per heavy atom. The van der Waals surface area contributed by atoms with Crippen LogP contribution in [0.25, 0.3) is 10.9 Å². The molecular formula is C24H27F3N4O. The van der Waals surface area contributed by atoms with Crippen LogP contribution in [0.2, 0.25) is 0 Å². The molecule has 0 saturated carbocycles. The number of aryl methyl sites for hydroxylation is 1. The van der Waals surface area contributed by atoms with Crippen LogP contribution in [0.4, 0.5) is 13.2 Å². The minimum atomic E-state index is -4.61. The molecule has 2 aromatic heterocycles. The summed E-state index contributed by atoms with van der Waals surface area (Å²) in [5.41, 5.74) is 1.79. The normalized spacial score (nSPS) is 17.3. The summed E-state index contributed by atoms with van der Waals surface area (Å²) in [6.45, 7) is 9.81. The zero-order valence-electron chi connectivity index (χ0n) is 18.3. The maximum absolute atomic E-state index is 13.9. The smallest absolute Gasteiger partial charge is 0.335 e. The molecule has 0 bridgehead atoms. The number of likely N-dealkylation sites (tertiary alicyclic amines) is 1. The van der Waals surface area contributed by atoms with Crippen molar-refractivity contribution in [3.8, 4) is 0 Å². The van der Waals surface area contributed by atoms with Crippen LogP contribution >= 0.6 is 0 Å². The Kier molecular flexibility index (Phi) is 5.99. The second-order valence-corrected chi connectivity index (χ2v) is 8.52. The van der Waals surface area contributed by atoms with Crippen LogP contribution in [0, 0.1) is 13.8 Å². The molecule has 1 aliphatic heterocycles. The van der Waals surface area contributed by atoms with Gasteiger partial charge in [-0.15, -0.1) is 6.58 Å². The molecule has 4 rings (SSSR count). The molecule has 0 radical (unpaired) electrons. The number of alkyl halides is 3. The second-order valence-electron chi connectivity index (χ2n) is 8.52. The van der Waals surface area contributed by atoms with Gasteiger partial charge in [0.05, 0.1) is 18.3 Å². The molecule has 3 heterocycles. The monoisotopic (exact) mass is 444 g/mol. The fourth-order valence-corrected chi connectivity index (χ4v) is 4.61. The van der Waals surface area contributed by atoms with E-state index in [1.165, 1.54) is 4.57 Å². The summed E-state index contributed by atoms with van der Waals surface area (Å²) >= 11 is 0. The van der Waals surface area contributed by atoms with Crippen LogP contribution in [-0.2, 0) is 25.8 Å². The highest BCUT2D eigenvalue weighted by molar-refractivity contribution is 5.80. The molecule has 170 valence electrons. The highest BCUT2D eigenvalue weighted by Crippen LogP contribution is 2.32. The van der Waals surface area contributed by atoms with E-state index in [0.717, 1.165) is 42.3 Å². The first-order valence-electron chi connectivity index (χ1n) is 10.8. The molecule has 0 aliphatic carbocycles. The van der Waals surface area contributed by atoms with Gasteiger partial charge in [0.25, 0.3) is 0 Å². The highest BCUT2D eigenvalue weighted by Gasteiger charge is 2.36. The molecule has 1 saturated heterocycles. The van der Waals surface area contributed by atoms with Crippen molar-refractivity contribution >= 4 is 10.9 Å². The van der Waals surface area contributed by atoms with Crippen LogP contribution in [0.15, 0.2) is 47.9 Å². The van der Waals surface area contributed by atoms with Gasteiger partial charge >= 0.3 is 6.18 Å². The predicted molar refractivity (Wildman–Crippen MR) is 119 cm³/mol. The van der Waals surface area contributed by atoms with Crippen LogP contribution < -0.4 is 5.43 Å². The van der Waals surface area contributed by atoms with E-state index in [2.05, 4.69) is 16.6 Å². The maximum atomic E-state index is 13.9. The summed E-state index contributed by atoms with van der Waals surface area (Å²) in [7, 11) is 0. The van der Waals surface area contributed by atoms with Crippen molar-refractivity contribution < 1.29 is 13.2 Å². The average Bonchev–Trinajstić information content (AvgIpc) is 3.31. The first-order chi connectivity index (χ1) is 15.2. The zero-order chi connectivity index (χ0) is 23.0. The first-order valence-corrected chi connectivity index (χ1v) is 10.8. The van der Waals surface area contributed by atoms with Gasteiger partial charge in [0.1, 0.15) is 5.69 Å². The molecule has 1 atom stereocenters. The number of allylic oxidation sites excluding steroid dienone is 1. The van der Waals surface area contributed by atoms with Gasteiger partial charge in [-0.25, -0.2) is 0 Å². The topological polar surface area (TPSA) is 43.1 Å². The maximum Gasteiger partial charge on any atom is 0.431 e. The van der Waals surface area contributed by atoms with E-state index < -0.39 is 17.3 Å². The number of benzene rings is 1. The molecule has 1 aromatic carbocycles. The van der Waals surface area contributed by atoms with E-state index in [1.807, 2.05) is 24.7 Å². The van der Waals surface area contributed by atoms with Gasteiger partial charge in [-0.1, -0.05) is 17.7 Å². The van der Waals surface area contributed by atoms with Gasteiger partial charge in [0.2, 0.25) is 0 Å². The van der Waals surface area contributed by atoms with Crippen molar-refractivity contribution in [3.05, 3.63) is 75.9 Å². The van der Waals surface area contributed by atoms with Crippen LogP contribution in [0.1, 0.15) is 35.4 Å². The van der Waals surface area contributed by atoms with Crippen molar-refractivity contribution in [2.75, 3.05) is 6.54 Å². The quantitative estimate of drug-likeness (QED) is 0.519. The summed E-state index contributed by atoms with van der Waals surface area (Å²) in [4.78, 5) is 14.7. The molecule has 8 heteroatoms. The lowest BCUT2D eigenvalue weighted by atomic mass is 10.1. The lowest BCUT2D eigenvalue weighted by molar-refractivity contribution is -0.144. The SMILES string of the molecule is C=CCn1ncc(CN2CCC[C@@H]2Cn2c(C(F)(F)F)cc(=O)c3cc(C)ccc32)c1C. The van der Waals surface area contributed by atoms with E-state index in [1.54, 1.807) is 24.3 Å². The Morgan fingerprint density at radius 2 is 2.03 bits per heavy atom. The Hall–Kier alpha value is -2.87. The van der Waals surface area contributed by atoms with Gasteiger partial charge in [-0.3, -0.25) is 14.4 Å². The molecule has 1 fully saturated rings. The van der Waals surface area contributed by atoms with Gasteiger partial charge < -0.3 is 4.57 Å². The first kappa shape index (κ1) is 22.3. The molecule has 1 aliphatic rings. The Morgan fingerprint density at radius 3 is 2.75 bits per heavy atom. The third-order valence-electron chi connectivity index (χ3n) is 6.33. The second kappa shape index (κ2) is 8.58. The number of halogens is 3. The summed E-state index contributed by atoms with van der Waals surface area (Å²) in [5, 5.41) is 4.72. The third-order valence-corrected chi connectivity index (χ3v) is 6.33. The number of fused-ring (bicyclic) bond motifs is 1. The molecule has 0 N–H and O–H groups in total. The Balaban J connectivity index is 1.69. The number of hydrogen-bond donors (Lipinski definition) is 0. The van der Waals surface area contributed by atoms with Crippen molar-refractivity contribution in [2.45, 2.75) is 58.5 Å². The fraction of sp³-hybridized carbons (Fsp3) is 0.417.